The lowest BCUT2D eigenvalue weighted by Crippen LogP contribution is -2.67. The molecule has 0 saturated carbocycles. The van der Waals surface area contributed by atoms with Crippen LogP contribution in [-0.4, -0.2) is 47.8 Å². The third-order valence-electron chi connectivity index (χ3n) is 5.79. The number of carbonyl (C=O) groups is 3. The number of halogens is 1. The van der Waals surface area contributed by atoms with Gasteiger partial charge in [-0.25, -0.2) is 14.5 Å². The number of carbonyl (C=O) groups excluding carboxylic acids is 3. The van der Waals surface area contributed by atoms with Crippen molar-refractivity contribution in [3.63, 3.8) is 0 Å². The third kappa shape index (κ3) is 5.99. The number of hydrogen-bond acceptors (Lipinski definition) is 5. The van der Waals surface area contributed by atoms with Crippen LogP contribution in [0.25, 0.3) is 0 Å². The number of benzene rings is 2. The summed E-state index contributed by atoms with van der Waals surface area (Å²) < 4.78 is 4.75. The van der Waals surface area contributed by atoms with Crippen LogP contribution in [-0.2, 0) is 22.5 Å². The molecule has 2 atom stereocenters. The van der Waals surface area contributed by atoms with Crippen molar-refractivity contribution in [2.75, 3.05) is 19.0 Å². The van der Waals surface area contributed by atoms with E-state index in [9.17, 15) is 14.4 Å². The summed E-state index contributed by atoms with van der Waals surface area (Å²) in [5.41, 5.74) is 4.03. The largest absolute Gasteiger partial charge is 0.469 e. The topological polar surface area (TPSA) is 91.0 Å². The second kappa shape index (κ2) is 11.2. The van der Waals surface area contributed by atoms with Gasteiger partial charge in [-0.1, -0.05) is 50.1 Å². The Kier molecular flexibility index (Phi) is 8.39. The van der Waals surface area contributed by atoms with E-state index in [0.29, 0.717) is 5.02 Å². The highest BCUT2D eigenvalue weighted by atomic mass is 35.5. The van der Waals surface area contributed by atoms with E-state index in [0.717, 1.165) is 34.6 Å². The summed E-state index contributed by atoms with van der Waals surface area (Å²) in [5, 5.41) is 6.71. The number of rotatable bonds is 9. The Balaban J connectivity index is 1.86. The number of ether oxygens (including phenoxy) is 1. The van der Waals surface area contributed by atoms with E-state index in [1.165, 1.54) is 17.6 Å². The van der Waals surface area contributed by atoms with Crippen molar-refractivity contribution in [3.05, 3.63) is 64.2 Å². The second-order valence-electron chi connectivity index (χ2n) is 8.46. The van der Waals surface area contributed by atoms with Gasteiger partial charge in [0.1, 0.15) is 0 Å². The summed E-state index contributed by atoms with van der Waals surface area (Å²) in [6.07, 6.45) is 1.26. The van der Waals surface area contributed by atoms with Crippen molar-refractivity contribution in [2.24, 2.45) is 5.92 Å². The fourth-order valence-corrected chi connectivity index (χ4v) is 4.01. The SMILES string of the molecule is CCCc1ccc(NC2NC(=O)N(C[C@H](C)C(=O)OC)C(=O)N2Cc2ccc(Cl)cc2)cc1C. The Labute approximate surface area is 205 Å². The standard InChI is InChI=1S/C25H31ClN4O4/c1-5-6-19-9-12-21(13-16(19)2)27-23-28-24(32)30(14-17(3)22(31)34-4)25(33)29(23)15-18-7-10-20(26)11-8-18/h7-13,17,23,27H,5-6,14-15H2,1-4H3,(H,28,32)/t17-,23?/m0/s1. The Morgan fingerprint density at radius 2 is 1.91 bits per heavy atom. The number of imide groups is 1. The normalized spacial score (nSPS) is 16.8. The fourth-order valence-electron chi connectivity index (χ4n) is 3.89. The van der Waals surface area contributed by atoms with E-state index in [1.54, 1.807) is 19.1 Å². The molecule has 182 valence electrons. The molecular weight excluding hydrogens is 456 g/mol. The molecule has 0 radical (unpaired) electrons. The summed E-state index contributed by atoms with van der Waals surface area (Å²) in [6, 6.07) is 12.1. The van der Waals surface area contributed by atoms with Crippen molar-refractivity contribution in [1.82, 2.24) is 15.1 Å². The summed E-state index contributed by atoms with van der Waals surface area (Å²) in [6.45, 7) is 5.93. The maximum atomic E-state index is 13.4. The maximum absolute atomic E-state index is 13.4. The van der Waals surface area contributed by atoms with Crippen molar-refractivity contribution in [1.29, 1.82) is 0 Å². The summed E-state index contributed by atoms with van der Waals surface area (Å²) >= 11 is 6.01. The van der Waals surface area contributed by atoms with Crippen LogP contribution in [0.5, 0.6) is 0 Å². The van der Waals surface area contributed by atoms with Gasteiger partial charge < -0.3 is 10.1 Å². The van der Waals surface area contributed by atoms with E-state index < -0.39 is 30.2 Å². The van der Waals surface area contributed by atoms with E-state index in [1.807, 2.05) is 31.2 Å². The average Bonchev–Trinajstić information content (AvgIpc) is 2.81. The Morgan fingerprint density at radius 1 is 1.21 bits per heavy atom. The molecule has 1 fully saturated rings. The molecule has 2 aromatic rings. The molecule has 3 rings (SSSR count). The molecule has 1 aliphatic heterocycles. The van der Waals surface area contributed by atoms with E-state index >= 15 is 0 Å². The zero-order valence-electron chi connectivity index (χ0n) is 19.9. The van der Waals surface area contributed by atoms with Crippen LogP contribution in [0.15, 0.2) is 42.5 Å². The van der Waals surface area contributed by atoms with Crippen LogP contribution in [0.1, 0.15) is 37.0 Å². The van der Waals surface area contributed by atoms with Gasteiger partial charge in [-0.15, -0.1) is 0 Å². The lowest BCUT2D eigenvalue weighted by molar-refractivity contribution is -0.145. The number of amides is 4. The fraction of sp³-hybridized carbons (Fsp3) is 0.400. The van der Waals surface area contributed by atoms with Crippen molar-refractivity contribution in [3.8, 4) is 0 Å². The average molecular weight is 487 g/mol. The van der Waals surface area contributed by atoms with Crippen molar-refractivity contribution in [2.45, 2.75) is 46.4 Å². The zero-order valence-corrected chi connectivity index (χ0v) is 20.7. The molecule has 0 bridgehead atoms. The molecule has 34 heavy (non-hydrogen) atoms. The number of urea groups is 2. The molecule has 2 N–H and O–H groups in total. The number of hydrogen-bond donors (Lipinski definition) is 2. The molecule has 8 nitrogen and oxygen atoms in total. The van der Waals surface area contributed by atoms with Gasteiger partial charge in [0.25, 0.3) is 0 Å². The first-order valence-electron chi connectivity index (χ1n) is 11.3. The molecule has 4 amide bonds. The minimum Gasteiger partial charge on any atom is -0.469 e. The molecule has 2 aromatic carbocycles. The third-order valence-corrected chi connectivity index (χ3v) is 6.04. The van der Waals surface area contributed by atoms with Crippen molar-refractivity contribution >= 4 is 35.3 Å². The predicted octanol–water partition coefficient (Wildman–Crippen LogP) is 4.75. The van der Waals surface area contributed by atoms with Gasteiger partial charge in [0, 0.05) is 17.3 Å². The van der Waals surface area contributed by atoms with Gasteiger partial charge in [0.15, 0.2) is 6.29 Å². The van der Waals surface area contributed by atoms with Crippen LogP contribution in [0.3, 0.4) is 0 Å². The zero-order chi connectivity index (χ0) is 24.8. The number of aryl methyl sites for hydroxylation is 2. The Morgan fingerprint density at radius 3 is 2.53 bits per heavy atom. The van der Waals surface area contributed by atoms with Gasteiger partial charge in [-0.05, 0) is 54.3 Å². The molecule has 1 heterocycles. The number of nitrogens with zero attached hydrogens (tertiary/aromatic N) is 2. The molecule has 1 saturated heterocycles. The van der Waals surface area contributed by atoms with E-state index in [4.69, 9.17) is 16.3 Å². The Hall–Kier alpha value is -3.26. The van der Waals surface area contributed by atoms with Gasteiger partial charge in [-0.3, -0.25) is 15.0 Å². The summed E-state index contributed by atoms with van der Waals surface area (Å²) in [4.78, 5) is 40.7. The van der Waals surface area contributed by atoms with Crippen LogP contribution in [0.4, 0.5) is 15.3 Å². The number of nitrogens with one attached hydrogen (secondary N) is 2. The van der Waals surface area contributed by atoms with Crippen molar-refractivity contribution < 1.29 is 19.1 Å². The van der Waals surface area contributed by atoms with Crippen LogP contribution in [0.2, 0.25) is 5.02 Å². The number of anilines is 1. The van der Waals surface area contributed by atoms with Gasteiger partial charge in [-0.2, -0.15) is 0 Å². The molecule has 1 unspecified atom stereocenters. The molecule has 9 heteroatoms. The highest BCUT2D eigenvalue weighted by Crippen LogP contribution is 2.22. The number of esters is 1. The summed E-state index contributed by atoms with van der Waals surface area (Å²) in [7, 11) is 1.28. The first kappa shape index (κ1) is 25.4. The molecule has 0 aliphatic carbocycles. The predicted molar refractivity (Wildman–Crippen MR) is 131 cm³/mol. The van der Waals surface area contributed by atoms with Crippen LogP contribution in [0, 0.1) is 12.8 Å². The molecule has 0 spiro atoms. The minimum absolute atomic E-state index is 0.0913. The van der Waals surface area contributed by atoms with Crippen LogP contribution >= 0.6 is 11.6 Å². The lowest BCUT2D eigenvalue weighted by Gasteiger charge is -2.42. The quantitative estimate of drug-likeness (QED) is 0.499. The monoisotopic (exact) mass is 486 g/mol. The highest BCUT2D eigenvalue weighted by Gasteiger charge is 2.39. The van der Waals surface area contributed by atoms with E-state index in [2.05, 4.69) is 23.6 Å². The van der Waals surface area contributed by atoms with E-state index in [-0.39, 0.29) is 13.1 Å². The van der Waals surface area contributed by atoms with Crippen LogP contribution < -0.4 is 10.6 Å². The molecular formula is C25H31ClN4O4. The first-order valence-corrected chi connectivity index (χ1v) is 11.7. The van der Waals surface area contributed by atoms with Gasteiger partial charge in [0.05, 0.1) is 19.6 Å². The van der Waals surface area contributed by atoms with Gasteiger partial charge in [0.2, 0.25) is 0 Å². The second-order valence-corrected chi connectivity index (χ2v) is 8.90. The van der Waals surface area contributed by atoms with Gasteiger partial charge >= 0.3 is 18.0 Å². The minimum atomic E-state index is -0.781. The number of methoxy groups -OCH3 is 1. The highest BCUT2D eigenvalue weighted by molar-refractivity contribution is 6.30. The Bertz CT molecular complexity index is 1040. The smallest absolute Gasteiger partial charge is 0.331 e. The molecule has 0 aromatic heterocycles. The maximum Gasteiger partial charge on any atom is 0.331 e. The first-order chi connectivity index (χ1) is 16.2. The summed E-state index contributed by atoms with van der Waals surface area (Å²) in [5.74, 6) is -1.15. The molecule has 1 aliphatic rings. The lowest BCUT2D eigenvalue weighted by atomic mass is 10.0.